The average molecular weight is 968 g/mol. The van der Waals surface area contributed by atoms with Crippen LogP contribution in [-0.4, -0.2) is 146 Å². The Hall–Kier alpha value is -5.20. The van der Waals surface area contributed by atoms with E-state index in [-0.39, 0.29) is 72.3 Å². The number of anilines is 1. The number of amides is 5. The van der Waals surface area contributed by atoms with Crippen molar-refractivity contribution >= 4 is 52.8 Å². The maximum absolute atomic E-state index is 13.2. The van der Waals surface area contributed by atoms with E-state index in [0.29, 0.717) is 94.9 Å². The van der Waals surface area contributed by atoms with Crippen LogP contribution in [0.3, 0.4) is 0 Å². The lowest BCUT2D eigenvalue weighted by Gasteiger charge is -2.32. The van der Waals surface area contributed by atoms with Crippen molar-refractivity contribution in [2.75, 3.05) is 83.4 Å². The molecular formula is C52H69N7O9S. The highest BCUT2D eigenvalue weighted by atomic mass is 32.2. The average Bonchev–Trinajstić information content (AvgIpc) is 3.93. The number of fused-ring (bicyclic) bond motifs is 1. The molecule has 0 bridgehead atoms. The highest BCUT2D eigenvalue weighted by Gasteiger charge is 2.42. The van der Waals surface area contributed by atoms with Crippen LogP contribution in [0.25, 0.3) is 0 Å². The molecule has 4 aliphatic rings. The van der Waals surface area contributed by atoms with E-state index in [1.165, 1.54) is 6.20 Å². The molecule has 4 N–H and O–H groups in total. The van der Waals surface area contributed by atoms with Crippen LogP contribution in [0.5, 0.6) is 0 Å². The zero-order chi connectivity index (χ0) is 48.4. The SMILES string of the molecule is Cc1ccc(C(=O)C2CCN(C(=O)c3ccc(C(=O)CC4CCN(Cc5ccc(NC(=O)CCOCCOCCOCCNC(=O)CCCC[C@@H]6SC[C@@H]7NC(=O)N[C@@H]76)cc5)CC4)nc3)CC2)cc1. The van der Waals surface area contributed by atoms with Gasteiger partial charge in [-0.05, 0) is 94.3 Å². The highest BCUT2D eigenvalue weighted by molar-refractivity contribution is 8.00. The van der Waals surface area contributed by atoms with Crippen LogP contribution in [0.4, 0.5) is 10.5 Å². The van der Waals surface area contributed by atoms with Crippen molar-refractivity contribution < 1.29 is 43.0 Å². The molecule has 1 aromatic heterocycles. The molecule has 0 aliphatic carbocycles. The molecular weight excluding hydrogens is 899 g/mol. The molecule has 0 spiro atoms. The third kappa shape index (κ3) is 16.2. The number of ether oxygens (including phenoxy) is 3. The number of piperidine rings is 2. The van der Waals surface area contributed by atoms with E-state index in [1.54, 1.807) is 17.0 Å². The van der Waals surface area contributed by atoms with Crippen LogP contribution in [-0.2, 0) is 30.3 Å². The predicted octanol–water partition coefficient (Wildman–Crippen LogP) is 5.83. The van der Waals surface area contributed by atoms with Gasteiger partial charge in [-0.3, -0.25) is 33.9 Å². The number of rotatable bonds is 26. The van der Waals surface area contributed by atoms with Gasteiger partial charge >= 0.3 is 6.03 Å². The number of aromatic nitrogens is 1. The van der Waals surface area contributed by atoms with Crippen molar-refractivity contribution in [3.05, 3.63) is 94.8 Å². The molecule has 17 heteroatoms. The molecule has 3 aromatic rings. The van der Waals surface area contributed by atoms with Gasteiger partial charge in [0.05, 0.1) is 63.7 Å². The molecule has 0 unspecified atom stereocenters. The van der Waals surface area contributed by atoms with E-state index in [1.807, 2.05) is 67.2 Å². The Morgan fingerprint density at radius 1 is 0.754 bits per heavy atom. The summed E-state index contributed by atoms with van der Waals surface area (Å²) in [5.41, 5.74) is 4.55. The molecule has 5 heterocycles. The van der Waals surface area contributed by atoms with E-state index >= 15 is 0 Å². The van der Waals surface area contributed by atoms with Gasteiger partial charge < -0.3 is 40.4 Å². The van der Waals surface area contributed by atoms with E-state index < -0.39 is 0 Å². The van der Waals surface area contributed by atoms with Crippen molar-refractivity contribution in [1.29, 1.82) is 0 Å². The first-order valence-electron chi connectivity index (χ1n) is 24.8. The smallest absolute Gasteiger partial charge is 0.315 e. The Kier molecular flexibility index (Phi) is 20.0. The Labute approximate surface area is 410 Å². The summed E-state index contributed by atoms with van der Waals surface area (Å²) in [4.78, 5) is 84.1. The fourth-order valence-electron chi connectivity index (χ4n) is 9.39. The fraction of sp³-hybridized carbons (Fsp3) is 0.558. The molecule has 2 aromatic carbocycles. The van der Waals surface area contributed by atoms with Crippen LogP contribution in [0.15, 0.2) is 66.9 Å². The summed E-state index contributed by atoms with van der Waals surface area (Å²) in [6.45, 7) is 8.31. The van der Waals surface area contributed by atoms with Crippen molar-refractivity contribution in [3.63, 3.8) is 0 Å². The first kappa shape index (κ1) is 51.6. The molecule has 3 atom stereocenters. The quantitative estimate of drug-likeness (QED) is 0.0428. The number of ketones is 2. The number of carbonyl (C=O) groups excluding carboxylic acids is 6. The third-order valence-electron chi connectivity index (χ3n) is 13.5. The maximum Gasteiger partial charge on any atom is 0.315 e. The van der Waals surface area contributed by atoms with Crippen molar-refractivity contribution in [2.45, 2.75) is 95.0 Å². The zero-order valence-corrected chi connectivity index (χ0v) is 40.7. The normalized spacial score (nSPS) is 19.7. The molecule has 4 aliphatic heterocycles. The fourth-order valence-corrected chi connectivity index (χ4v) is 10.9. The summed E-state index contributed by atoms with van der Waals surface area (Å²) in [5.74, 6) is 1.03. The molecule has 4 fully saturated rings. The van der Waals surface area contributed by atoms with Gasteiger partial charge in [0, 0.05) is 73.4 Å². The van der Waals surface area contributed by atoms with E-state index in [0.717, 1.165) is 79.9 Å². The molecule has 4 saturated heterocycles. The molecule has 5 amide bonds. The molecule has 372 valence electrons. The largest absolute Gasteiger partial charge is 0.379 e. The summed E-state index contributed by atoms with van der Waals surface area (Å²) in [6, 6.07) is 19.3. The number of unbranched alkanes of at least 4 members (excludes halogenated alkanes) is 1. The number of hydrogen-bond donors (Lipinski definition) is 4. The number of Topliss-reactive ketones (excluding diaryl/α,β-unsaturated/α-hetero) is 2. The number of hydrogen-bond acceptors (Lipinski definition) is 12. The summed E-state index contributed by atoms with van der Waals surface area (Å²) in [5, 5.41) is 12.2. The number of pyridine rings is 1. The van der Waals surface area contributed by atoms with Crippen LogP contribution in [0.2, 0.25) is 0 Å². The number of nitrogens with zero attached hydrogens (tertiary/aromatic N) is 3. The molecule has 0 radical (unpaired) electrons. The lowest BCUT2D eigenvalue weighted by Crippen LogP contribution is -2.40. The standard InChI is InChI=1S/C52H69N7O9S/c1-36-6-10-39(11-7-36)50(63)40-18-24-59(25-19-40)51(64)41-12-15-43(54-33-41)45(60)32-37-16-22-58(23-17-37)34-38-8-13-42(14-9-38)55-48(62)20-26-66-28-30-68-31-29-67-27-21-53-47(61)5-3-2-4-46-49-44(35-69-46)56-52(65)57-49/h6-15,33,37,40,44,46,49H,2-5,16-32,34-35H2,1H3,(H,53,61)(H,55,62)(H2,56,57,65)/t44-,46-,49-/m0/s1. The number of nitrogens with one attached hydrogen (secondary N) is 4. The topological polar surface area (TPSA) is 198 Å². The van der Waals surface area contributed by atoms with Gasteiger partial charge in [0.2, 0.25) is 11.8 Å². The van der Waals surface area contributed by atoms with Crippen LogP contribution in [0, 0.1) is 18.8 Å². The first-order valence-corrected chi connectivity index (χ1v) is 25.8. The predicted molar refractivity (Wildman–Crippen MR) is 264 cm³/mol. The number of thioether (sulfide) groups is 1. The number of urea groups is 1. The van der Waals surface area contributed by atoms with Gasteiger partial charge in [0.25, 0.3) is 5.91 Å². The Morgan fingerprint density at radius 3 is 2.16 bits per heavy atom. The summed E-state index contributed by atoms with van der Waals surface area (Å²) in [7, 11) is 0. The van der Waals surface area contributed by atoms with Crippen LogP contribution < -0.4 is 21.3 Å². The molecule has 69 heavy (non-hydrogen) atoms. The second-order valence-corrected chi connectivity index (χ2v) is 19.9. The lowest BCUT2D eigenvalue weighted by molar-refractivity contribution is -0.121. The van der Waals surface area contributed by atoms with Crippen molar-refractivity contribution in [1.82, 2.24) is 30.7 Å². The van der Waals surface area contributed by atoms with Gasteiger partial charge in [0.1, 0.15) is 5.69 Å². The number of benzene rings is 2. The number of likely N-dealkylation sites (tertiary alicyclic amines) is 2. The van der Waals surface area contributed by atoms with Gasteiger partial charge in [-0.2, -0.15) is 11.8 Å². The lowest BCUT2D eigenvalue weighted by atomic mass is 9.88. The number of aryl methyl sites for hydroxylation is 1. The second-order valence-electron chi connectivity index (χ2n) is 18.6. The Bertz CT molecular complexity index is 2160. The molecule has 16 nitrogen and oxygen atoms in total. The van der Waals surface area contributed by atoms with Gasteiger partial charge in [-0.15, -0.1) is 0 Å². The summed E-state index contributed by atoms with van der Waals surface area (Å²) in [6.07, 6.45) is 8.50. The van der Waals surface area contributed by atoms with Gasteiger partial charge in [0.15, 0.2) is 11.6 Å². The van der Waals surface area contributed by atoms with E-state index in [2.05, 4.69) is 31.2 Å². The summed E-state index contributed by atoms with van der Waals surface area (Å²) >= 11 is 1.89. The zero-order valence-electron chi connectivity index (χ0n) is 39.9. The van der Waals surface area contributed by atoms with Gasteiger partial charge in [-0.1, -0.05) is 48.4 Å². The van der Waals surface area contributed by atoms with E-state index in [9.17, 15) is 28.8 Å². The minimum Gasteiger partial charge on any atom is -0.379 e. The molecule has 7 rings (SSSR count). The monoisotopic (exact) mass is 967 g/mol. The maximum atomic E-state index is 13.2. The number of carbonyl (C=O) groups is 6. The van der Waals surface area contributed by atoms with Gasteiger partial charge in [-0.25, -0.2) is 4.79 Å². The minimum atomic E-state index is -0.125. The Morgan fingerprint density at radius 2 is 1.45 bits per heavy atom. The van der Waals surface area contributed by atoms with E-state index in [4.69, 9.17) is 14.2 Å². The summed E-state index contributed by atoms with van der Waals surface area (Å²) < 4.78 is 16.7. The Balaban J connectivity index is 0.661. The van der Waals surface area contributed by atoms with Crippen LogP contribution in [0.1, 0.15) is 107 Å². The molecule has 0 saturated carbocycles. The highest BCUT2D eigenvalue weighted by Crippen LogP contribution is 2.33. The first-order chi connectivity index (χ1) is 33.6. The third-order valence-corrected chi connectivity index (χ3v) is 15.0. The second kappa shape index (κ2) is 26.7. The van der Waals surface area contributed by atoms with Crippen molar-refractivity contribution in [2.24, 2.45) is 11.8 Å². The van der Waals surface area contributed by atoms with Crippen LogP contribution >= 0.6 is 11.8 Å². The van der Waals surface area contributed by atoms with Crippen molar-refractivity contribution in [3.8, 4) is 0 Å². The minimum absolute atomic E-state index is 0.00772.